The summed E-state index contributed by atoms with van der Waals surface area (Å²) in [4.78, 5) is 49.2. The molecule has 2 N–H and O–H groups in total. The van der Waals surface area contributed by atoms with E-state index >= 15 is 0 Å². The number of carbonyl (C=O) groups excluding carboxylic acids is 4. The molecular formula is C24H23N3O5. The zero-order valence-corrected chi connectivity index (χ0v) is 17.9. The Kier molecular flexibility index (Phi) is 6.53. The number of nitrogens with one attached hydrogen (secondary N) is 2. The van der Waals surface area contributed by atoms with Gasteiger partial charge in [0.05, 0.1) is 13.7 Å². The molecule has 0 aromatic heterocycles. The van der Waals surface area contributed by atoms with Crippen LogP contribution in [-0.2, 0) is 32.2 Å². The lowest BCUT2D eigenvalue weighted by Crippen LogP contribution is -2.36. The molecule has 1 aliphatic heterocycles. The number of nitrogens with zero attached hydrogens (tertiary/aromatic N) is 1. The molecule has 0 fully saturated rings. The number of esters is 1. The van der Waals surface area contributed by atoms with E-state index in [0.717, 1.165) is 22.3 Å². The quantitative estimate of drug-likeness (QED) is 0.515. The van der Waals surface area contributed by atoms with Gasteiger partial charge in [-0.1, -0.05) is 49.6 Å². The average molecular weight is 433 g/mol. The Morgan fingerprint density at radius 1 is 1.06 bits per heavy atom. The first-order valence-corrected chi connectivity index (χ1v) is 9.78. The van der Waals surface area contributed by atoms with Crippen LogP contribution < -0.4 is 10.6 Å². The molecule has 8 nitrogen and oxygen atoms in total. The minimum atomic E-state index is -0.786. The fourth-order valence-corrected chi connectivity index (χ4v) is 3.36. The van der Waals surface area contributed by atoms with Gasteiger partial charge in [0.25, 0.3) is 11.8 Å². The van der Waals surface area contributed by atoms with E-state index in [0.29, 0.717) is 12.1 Å². The predicted molar refractivity (Wildman–Crippen MR) is 118 cm³/mol. The molecule has 0 unspecified atom stereocenters. The number of hydrogen-bond acceptors (Lipinski definition) is 5. The molecular weight excluding hydrogens is 410 g/mol. The van der Waals surface area contributed by atoms with Crippen LogP contribution in [-0.4, -0.2) is 35.7 Å². The third-order valence-electron chi connectivity index (χ3n) is 5.06. The summed E-state index contributed by atoms with van der Waals surface area (Å²) < 4.78 is 4.51. The van der Waals surface area contributed by atoms with E-state index in [1.165, 1.54) is 18.9 Å². The molecule has 8 heteroatoms. The summed E-state index contributed by atoms with van der Waals surface area (Å²) in [5.74, 6) is -1.96. The van der Waals surface area contributed by atoms with E-state index in [1.54, 1.807) is 12.1 Å². The first-order valence-electron chi connectivity index (χ1n) is 9.78. The highest BCUT2D eigenvalue weighted by Crippen LogP contribution is 2.34. The van der Waals surface area contributed by atoms with Gasteiger partial charge in [-0.3, -0.25) is 19.3 Å². The number of benzene rings is 2. The Bertz CT molecular complexity index is 1130. The topological polar surface area (TPSA) is 105 Å². The van der Waals surface area contributed by atoms with E-state index in [9.17, 15) is 19.2 Å². The second-order valence-electron chi connectivity index (χ2n) is 7.20. The van der Waals surface area contributed by atoms with Crippen LogP contribution in [0.1, 0.15) is 28.4 Å². The van der Waals surface area contributed by atoms with Gasteiger partial charge in [-0.15, -0.1) is 0 Å². The van der Waals surface area contributed by atoms with Crippen molar-refractivity contribution in [3.63, 3.8) is 0 Å². The second-order valence-corrected chi connectivity index (χ2v) is 7.20. The highest BCUT2D eigenvalue weighted by Gasteiger charge is 2.33. The van der Waals surface area contributed by atoms with E-state index in [2.05, 4.69) is 28.5 Å². The summed E-state index contributed by atoms with van der Waals surface area (Å²) in [6, 6.07) is 13.0. The lowest BCUT2D eigenvalue weighted by atomic mass is 9.96. The van der Waals surface area contributed by atoms with E-state index < -0.39 is 11.9 Å². The molecule has 3 amide bonds. The Morgan fingerprint density at radius 2 is 1.72 bits per heavy atom. The van der Waals surface area contributed by atoms with Crippen LogP contribution in [0.15, 0.2) is 67.0 Å². The standard InChI is InChI=1S/C24H23N3O5/c1-14(24(31)32-4)26-22(29)15(2)27-13-21-19(6-5-7-20(21)23(27)30)18-10-8-17(9-11-18)12-25-16(3)28/h5-11H,1-2,12-13H2,3-4H3,(H,25,28)(H,26,29). The van der Waals surface area contributed by atoms with Gasteiger partial charge >= 0.3 is 5.97 Å². The van der Waals surface area contributed by atoms with Crippen LogP contribution in [0.25, 0.3) is 11.1 Å². The number of rotatable bonds is 7. The average Bonchev–Trinajstić information content (AvgIpc) is 3.13. The monoisotopic (exact) mass is 433 g/mol. The van der Waals surface area contributed by atoms with Crippen molar-refractivity contribution in [3.8, 4) is 11.1 Å². The molecule has 0 bridgehead atoms. The van der Waals surface area contributed by atoms with Crippen LogP contribution in [0.3, 0.4) is 0 Å². The normalized spacial score (nSPS) is 12.1. The van der Waals surface area contributed by atoms with Crippen LogP contribution >= 0.6 is 0 Å². The van der Waals surface area contributed by atoms with E-state index in [1.807, 2.05) is 30.3 Å². The SMILES string of the molecule is C=C(NC(=O)C(=C)N1Cc2c(cccc2-c2ccc(CNC(C)=O)cc2)C1=O)C(=O)OC. The molecule has 0 saturated heterocycles. The minimum Gasteiger partial charge on any atom is -0.464 e. The Balaban J connectivity index is 1.80. The fraction of sp³-hybridized carbons (Fsp3) is 0.167. The van der Waals surface area contributed by atoms with Gasteiger partial charge < -0.3 is 15.4 Å². The van der Waals surface area contributed by atoms with Crippen LogP contribution in [0, 0.1) is 0 Å². The minimum absolute atomic E-state index is 0.104. The Labute approximate surface area is 185 Å². The molecule has 1 heterocycles. The number of amides is 3. The highest BCUT2D eigenvalue weighted by molar-refractivity contribution is 6.07. The smallest absolute Gasteiger partial charge is 0.353 e. The molecule has 0 aliphatic carbocycles. The van der Waals surface area contributed by atoms with E-state index in [-0.39, 0.29) is 29.8 Å². The highest BCUT2D eigenvalue weighted by atomic mass is 16.5. The number of hydrogen-bond donors (Lipinski definition) is 2. The summed E-state index contributed by atoms with van der Waals surface area (Å²) in [6.07, 6.45) is 0. The zero-order valence-electron chi connectivity index (χ0n) is 17.9. The molecule has 2 aromatic carbocycles. The van der Waals surface area contributed by atoms with Gasteiger partial charge in [-0.2, -0.15) is 0 Å². The van der Waals surface area contributed by atoms with Gasteiger partial charge in [0.1, 0.15) is 11.4 Å². The third-order valence-corrected chi connectivity index (χ3v) is 5.06. The zero-order chi connectivity index (χ0) is 23.4. The van der Waals surface area contributed by atoms with Gasteiger partial charge in [-0.25, -0.2) is 4.79 Å². The lowest BCUT2D eigenvalue weighted by molar-refractivity contribution is -0.137. The molecule has 2 aromatic rings. The molecule has 164 valence electrons. The van der Waals surface area contributed by atoms with Crippen LogP contribution in [0.5, 0.6) is 0 Å². The Hall–Kier alpha value is -4.20. The maximum absolute atomic E-state index is 12.9. The van der Waals surface area contributed by atoms with Gasteiger partial charge in [0.15, 0.2) is 0 Å². The summed E-state index contributed by atoms with van der Waals surface area (Å²) in [5, 5.41) is 5.04. The van der Waals surface area contributed by atoms with Gasteiger partial charge in [-0.05, 0) is 28.3 Å². The number of carbonyl (C=O) groups is 4. The summed E-state index contributed by atoms with van der Waals surface area (Å²) >= 11 is 0. The summed E-state index contributed by atoms with van der Waals surface area (Å²) in [7, 11) is 1.17. The summed E-state index contributed by atoms with van der Waals surface area (Å²) in [5.41, 5.74) is 3.60. The lowest BCUT2D eigenvalue weighted by Gasteiger charge is -2.18. The van der Waals surface area contributed by atoms with Crippen LogP contribution in [0.4, 0.5) is 0 Å². The van der Waals surface area contributed by atoms with Gasteiger partial charge in [0.2, 0.25) is 5.91 Å². The number of fused-ring (bicyclic) bond motifs is 1. The third kappa shape index (κ3) is 4.59. The fourth-order valence-electron chi connectivity index (χ4n) is 3.36. The van der Waals surface area contributed by atoms with Gasteiger partial charge in [0, 0.05) is 19.0 Å². The van der Waals surface area contributed by atoms with Crippen molar-refractivity contribution in [2.45, 2.75) is 20.0 Å². The van der Waals surface area contributed by atoms with Crippen molar-refractivity contribution >= 4 is 23.7 Å². The number of methoxy groups -OCH3 is 1. The molecule has 0 saturated carbocycles. The molecule has 0 radical (unpaired) electrons. The maximum Gasteiger partial charge on any atom is 0.353 e. The molecule has 0 spiro atoms. The van der Waals surface area contributed by atoms with Crippen molar-refractivity contribution in [1.29, 1.82) is 0 Å². The van der Waals surface area contributed by atoms with Crippen molar-refractivity contribution in [2.24, 2.45) is 0 Å². The first kappa shape index (κ1) is 22.5. The molecule has 3 rings (SSSR count). The van der Waals surface area contributed by atoms with Crippen molar-refractivity contribution < 1.29 is 23.9 Å². The molecule has 0 atom stereocenters. The molecule has 32 heavy (non-hydrogen) atoms. The molecule has 1 aliphatic rings. The maximum atomic E-state index is 12.9. The largest absolute Gasteiger partial charge is 0.464 e. The van der Waals surface area contributed by atoms with Crippen molar-refractivity contribution in [2.75, 3.05) is 7.11 Å². The second kappa shape index (κ2) is 9.30. The van der Waals surface area contributed by atoms with E-state index in [4.69, 9.17) is 0 Å². The first-order chi connectivity index (χ1) is 15.2. The Morgan fingerprint density at radius 3 is 2.34 bits per heavy atom. The number of ether oxygens (including phenoxy) is 1. The van der Waals surface area contributed by atoms with Crippen LogP contribution in [0.2, 0.25) is 0 Å². The van der Waals surface area contributed by atoms with Crippen molar-refractivity contribution in [1.82, 2.24) is 15.5 Å². The summed E-state index contributed by atoms with van der Waals surface area (Å²) in [6.45, 7) is 9.22. The predicted octanol–water partition coefficient (Wildman–Crippen LogP) is 2.26. The van der Waals surface area contributed by atoms with Crippen molar-refractivity contribution in [3.05, 3.63) is 83.7 Å².